The van der Waals surface area contributed by atoms with Gasteiger partial charge in [0.2, 0.25) is 0 Å². The quantitative estimate of drug-likeness (QED) is 0.354. The number of benzene rings is 4. The van der Waals surface area contributed by atoms with Gasteiger partial charge in [0.1, 0.15) is 0 Å². The molecule has 0 unspecified atom stereocenters. The summed E-state index contributed by atoms with van der Waals surface area (Å²) >= 11 is 0. The summed E-state index contributed by atoms with van der Waals surface area (Å²) in [6.45, 7) is 0. The topological polar surface area (TPSA) is 0 Å². The van der Waals surface area contributed by atoms with Gasteiger partial charge in [-0.15, -0.1) is 0 Å². The van der Waals surface area contributed by atoms with Crippen LogP contribution in [0, 0.1) is 0 Å². The standard InChI is InChI=1S/C24H18/c1-2-6-16-12-22-20-10-9-19(21(22)11-15(16)5-1)23-13-17-7-3-4-8-18(17)14-24(20)23/h1-8,11-14,19-20H,9-10H2. The number of hydrogen-bond acceptors (Lipinski definition) is 0. The van der Waals surface area contributed by atoms with Gasteiger partial charge in [0.25, 0.3) is 0 Å². The maximum atomic E-state index is 2.46. The van der Waals surface area contributed by atoms with E-state index in [9.17, 15) is 0 Å². The van der Waals surface area contributed by atoms with E-state index in [1.54, 1.807) is 22.3 Å². The van der Waals surface area contributed by atoms with Crippen molar-refractivity contribution in [2.24, 2.45) is 0 Å². The van der Waals surface area contributed by atoms with Crippen molar-refractivity contribution in [3.05, 3.63) is 95.1 Å². The second-order valence-corrected chi connectivity index (χ2v) is 7.34. The molecule has 0 saturated carbocycles. The van der Waals surface area contributed by atoms with E-state index in [1.807, 2.05) is 0 Å². The molecule has 4 aromatic rings. The molecule has 0 fully saturated rings. The van der Waals surface area contributed by atoms with E-state index < -0.39 is 0 Å². The van der Waals surface area contributed by atoms with Crippen LogP contribution in [-0.2, 0) is 0 Å². The van der Waals surface area contributed by atoms with Crippen LogP contribution in [0.1, 0.15) is 46.9 Å². The van der Waals surface area contributed by atoms with Gasteiger partial charge in [0, 0.05) is 11.8 Å². The van der Waals surface area contributed by atoms with Gasteiger partial charge < -0.3 is 0 Å². The third-order valence-electron chi connectivity index (χ3n) is 6.15. The van der Waals surface area contributed by atoms with E-state index in [2.05, 4.69) is 72.8 Å². The van der Waals surface area contributed by atoms with Crippen LogP contribution < -0.4 is 0 Å². The lowest BCUT2D eigenvalue weighted by Gasteiger charge is -2.41. The molecule has 0 radical (unpaired) electrons. The first-order chi connectivity index (χ1) is 11.9. The fourth-order valence-corrected chi connectivity index (χ4v) is 5.05. The summed E-state index contributed by atoms with van der Waals surface area (Å²) in [6.07, 6.45) is 2.59. The van der Waals surface area contributed by atoms with Crippen molar-refractivity contribution in [2.75, 3.05) is 0 Å². The van der Waals surface area contributed by atoms with Gasteiger partial charge in [0.15, 0.2) is 0 Å². The number of fused-ring (bicyclic) bond motifs is 3. The first-order valence-corrected chi connectivity index (χ1v) is 8.94. The van der Waals surface area contributed by atoms with E-state index in [4.69, 9.17) is 0 Å². The molecule has 0 heterocycles. The Bertz CT molecular complexity index is 943. The molecule has 0 nitrogen and oxygen atoms in total. The highest BCUT2D eigenvalue weighted by atomic mass is 14.4. The van der Waals surface area contributed by atoms with Crippen LogP contribution in [0.3, 0.4) is 0 Å². The van der Waals surface area contributed by atoms with Gasteiger partial charge in [-0.25, -0.2) is 0 Å². The molecule has 0 aromatic heterocycles. The molecule has 0 N–H and O–H groups in total. The number of hydrogen-bond donors (Lipinski definition) is 0. The SMILES string of the molecule is c1ccc2cc3c(cc2c1)C1CCC3c2cc3ccccc3cc21. The molecule has 2 bridgehead atoms. The van der Waals surface area contributed by atoms with Gasteiger partial charge in [-0.05, 0) is 56.6 Å². The van der Waals surface area contributed by atoms with Gasteiger partial charge in [-0.2, -0.15) is 0 Å². The Balaban J connectivity index is 1.67. The maximum Gasteiger partial charge on any atom is 0.00960 e. The van der Waals surface area contributed by atoms with E-state index in [0.29, 0.717) is 11.8 Å². The Morgan fingerprint density at radius 1 is 0.458 bits per heavy atom. The second-order valence-electron chi connectivity index (χ2n) is 7.34. The lowest BCUT2D eigenvalue weighted by Crippen LogP contribution is -2.24. The molecular weight excluding hydrogens is 288 g/mol. The number of rotatable bonds is 0. The fraction of sp³-hybridized carbons (Fsp3) is 0.167. The molecule has 7 rings (SSSR count). The van der Waals surface area contributed by atoms with E-state index in [0.717, 1.165) is 0 Å². The van der Waals surface area contributed by atoms with Crippen LogP contribution in [-0.4, -0.2) is 0 Å². The van der Waals surface area contributed by atoms with E-state index >= 15 is 0 Å². The third-order valence-corrected chi connectivity index (χ3v) is 6.15. The molecule has 0 aliphatic heterocycles. The molecule has 0 spiro atoms. The maximum absolute atomic E-state index is 2.46. The Morgan fingerprint density at radius 3 is 1.04 bits per heavy atom. The molecular formula is C24H18. The van der Waals surface area contributed by atoms with Crippen LogP contribution in [0.15, 0.2) is 72.8 Å². The van der Waals surface area contributed by atoms with Gasteiger partial charge in [-0.3, -0.25) is 0 Å². The Hall–Kier alpha value is -2.60. The zero-order valence-electron chi connectivity index (χ0n) is 13.5. The summed E-state index contributed by atoms with van der Waals surface area (Å²) in [5.41, 5.74) is 6.31. The fourth-order valence-electron chi connectivity index (χ4n) is 5.05. The van der Waals surface area contributed by atoms with Crippen molar-refractivity contribution >= 4 is 21.5 Å². The molecule has 0 saturated heterocycles. The minimum absolute atomic E-state index is 0.578. The smallest absolute Gasteiger partial charge is 0.00960 e. The van der Waals surface area contributed by atoms with Crippen LogP contribution >= 0.6 is 0 Å². The summed E-state index contributed by atoms with van der Waals surface area (Å²) in [6, 6.07) is 27.4. The van der Waals surface area contributed by atoms with Gasteiger partial charge in [0.05, 0.1) is 0 Å². The van der Waals surface area contributed by atoms with Crippen LogP contribution in [0.4, 0.5) is 0 Å². The summed E-state index contributed by atoms with van der Waals surface area (Å²) in [5, 5.41) is 5.52. The van der Waals surface area contributed by atoms with E-state index in [-0.39, 0.29) is 0 Å². The lowest BCUT2D eigenvalue weighted by molar-refractivity contribution is 0.521. The molecule has 3 aliphatic rings. The molecule has 3 aliphatic carbocycles. The zero-order chi connectivity index (χ0) is 15.7. The van der Waals surface area contributed by atoms with Crippen molar-refractivity contribution < 1.29 is 0 Å². The Kier molecular flexibility index (Phi) is 2.38. The Morgan fingerprint density at radius 2 is 0.750 bits per heavy atom. The highest BCUT2D eigenvalue weighted by Gasteiger charge is 2.37. The van der Waals surface area contributed by atoms with Crippen molar-refractivity contribution in [3.63, 3.8) is 0 Å². The third kappa shape index (κ3) is 1.58. The molecule has 0 atom stereocenters. The predicted molar refractivity (Wildman–Crippen MR) is 101 cm³/mol. The first-order valence-electron chi connectivity index (χ1n) is 8.94. The highest BCUT2D eigenvalue weighted by Crippen LogP contribution is 2.54. The van der Waals surface area contributed by atoms with Crippen molar-refractivity contribution in [1.82, 2.24) is 0 Å². The minimum atomic E-state index is 0.578. The monoisotopic (exact) mass is 306 g/mol. The molecule has 0 heteroatoms. The van der Waals surface area contributed by atoms with Crippen LogP contribution in [0.25, 0.3) is 21.5 Å². The van der Waals surface area contributed by atoms with Crippen molar-refractivity contribution in [1.29, 1.82) is 0 Å². The van der Waals surface area contributed by atoms with Crippen LogP contribution in [0.2, 0.25) is 0 Å². The van der Waals surface area contributed by atoms with Gasteiger partial charge >= 0.3 is 0 Å². The highest BCUT2D eigenvalue weighted by molar-refractivity contribution is 5.88. The summed E-state index contributed by atoms with van der Waals surface area (Å²) in [4.78, 5) is 0. The first kappa shape index (κ1) is 12.8. The van der Waals surface area contributed by atoms with Crippen molar-refractivity contribution in [3.8, 4) is 0 Å². The molecule has 24 heavy (non-hydrogen) atoms. The van der Waals surface area contributed by atoms with Crippen LogP contribution in [0.5, 0.6) is 0 Å². The van der Waals surface area contributed by atoms with Crippen molar-refractivity contribution in [2.45, 2.75) is 24.7 Å². The zero-order valence-corrected chi connectivity index (χ0v) is 13.5. The largest absolute Gasteiger partial charge is 0.0616 e. The lowest BCUT2D eigenvalue weighted by atomic mass is 9.63. The predicted octanol–water partition coefficient (Wildman–Crippen LogP) is 6.36. The second kappa shape index (κ2) is 4.48. The average molecular weight is 306 g/mol. The molecule has 114 valence electrons. The van der Waals surface area contributed by atoms with Gasteiger partial charge in [-0.1, -0.05) is 72.8 Å². The Labute approximate surface area is 141 Å². The summed E-state index contributed by atoms with van der Waals surface area (Å²) in [5.74, 6) is 1.16. The normalized spacial score (nSPS) is 21.0. The summed E-state index contributed by atoms with van der Waals surface area (Å²) in [7, 11) is 0. The molecule has 4 aromatic carbocycles. The average Bonchev–Trinajstić information content (AvgIpc) is 2.65. The van der Waals surface area contributed by atoms with E-state index in [1.165, 1.54) is 34.4 Å². The molecule has 0 amide bonds. The minimum Gasteiger partial charge on any atom is -0.0616 e. The summed E-state index contributed by atoms with van der Waals surface area (Å²) < 4.78 is 0.